The second-order valence-electron chi connectivity index (χ2n) is 7.74. The minimum atomic E-state index is -0.465. The molecule has 1 N–H and O–H groups in total. The van der Waals surface area contributed by atoms with Crippen LogP contribution >= 0.6 is 0 Å². The second-order valence-corrected chi connectivity index (χ2v) is 7.74. The fourth-order valence-electron chi connectivity index (χ4n) is 3.52. The Morgan fingerprint density at radius 2 is 1.31 bits per heavy atom. The van der Waals surface area contributed by atoms with E-state index in [9.17, 15) is 9.59 Å². The number of carbonyl (C=O) groups excluding carboxylic acids is 2. The molecule has 0 atom stereocenters. The Hall–Kier alpha value is -2.95. The molecule has 0 fully saturated rings. The summed E-state index contributed by atoms with van der Waals surface area (Å²) in [6, 6.07) is 19.5. The molecule has 0 bridgehead atoms. The maximum absolute atomic E-state index is 13.0. The maximum Gasteiger partial charge on any atom is 0.252 e. The van der Waals surface area contributed by atoms with Gasteiger partial charge in [0.1, 0.15) is 0 Å². The number of nitrogens with zero attached hydrogens (tertiary/aromatic N) is 2. The van der Waals surface area contributed by atoms with Crippen molar-refractivity contribution >= 4 is 17.5 Å². The van der Waals surface area contributed by atoms with Crippen LogP contribution in [0.15, 0.2) is 65.8 Å². The van der Waals surface area contributed by atoms with Crippen LogP contribution < -0.4 is 5.43 Å². The van der Waals surface area contributed by atoms with E-state index in [4.69, 9.17) is 0 Å². The minimum Gasteiger partial charge on any atom is -0.338 e. The fourth-order valence-corrected chi connectivity index (χ4v) is 3.52. The Kier molecular flexibility index (Phi) is 8.13. The average molecular weight is 394 g/mol. The molecular weight excluding hydrogens is 362 g/mol. The molecule has 0 saturated heterocycles. The van der Waals surface area contributed by atoms with Crippen molar-refractivity contribution in [3.05, 3.63) is 71.8 Å². The number of hydrazone groups is 1. The number of hydrogen-bond donors (Lipinski definition) is 1. The van der Waals surface area contributed by atoms with Gasteiger partial charge in [0, 0.05) is 17.8 Å². The van der Waals surface area contributed by atoms with Crippen LogP contribution in [-0.4, -0.2) is 34.5 Å². The molecule has 2 aromatic rings. The molecule has 0 unspecified atom stereocenters. The van der Waals surface area contributed by atoms with Crippen LogP contribution in [0.2, 0.25) is 0 Å². The SMILES string of the molecule is C/C(CC(=O)N(C(C)C)C(C)C)=N\NC(=O)C(c1ccccc1)c1ccccc1. The van der Waals surface area contributed by atoms with Crippen molar-refractivity contribution in [2.75, 3.05) is 0 Å². The zero-order valence-corrected chi connectivity index (χ0v) is 17.9. The summed E-state index contributed by atoms with van der Waals surface area (Å²) >= 11 is 0. The van der Waals surface area contributed by atoms with E-state index in [1.165, 1.54) is 0 Å². The summed E-state index contributed by atoms with van der Waals surface area (Å²) in [5.41, 5.74) is 5.03. The number of hydrogen-bond acceptors (Lipinski definition) is 3. The Bertz CT molecular complexity index is 782. The molecule has 5 heteroatoms. The molecule has 2 aromatic carbocycles. The van der Waals surface area contributed by atoms with Gasteiger partial charge in [0.15, 0.2) is 0 Å². The highest BCUT2D eigenvalue weighted by atomic mass is 16.2. The van der Waals surface area contributed by atoms with Gasteiger partial charge >= 0.3 is 0 Å². The second kappa shape index (κ2) is 10.6. The van der Waals surface area contributed by atoms with Crippen molar-refractivity contribution in [1.29, 1.82) is 0 Å². The Morgan fingerprint density at radius 1 is 0.862 bits per heavy atom. The van der Waals surface area contributed by atoms with Crippen LogP contribution in [0.5, 0.6) is 0 Å². The molecule has 0 heterocycles. The number of benzene rings is 2. The van der Waals surface area contributed by atoms with E-state index in [1.807, 2.05) is 93.3 Å². The Balaban J connectivity index is 2.14. The third-order valence-corrected chi connectivity index (χ3v) is 4.69. The topological polar surface area (TPSA) is 61.8 Å². The largest absolute Gasteiger partial charge is 0.338 e. The lowest BCUT2D eigenvalue weighted by Gasteiger charge is -2.30. The van der Waals surface area contributed by atoms with Crippen molar-refractivity contribution in [1.82, 2.24) is 10.3 Å². The first kappa shape index (κ1) is 22.3. The number of carbonyl (C=O) groups is 2. The molecule has 0 saturated carbocycles. The van der Waals surface area contributed by atoms with Gasteiger partial charge in [0.2, 0.25) is 5.91 Å². The first-order valence-electron chi connectivity index (χ1n) is 10.0. The summed E-state index contributed by atoms with van der Waals surface area (Å²) in [4.78, 5) is 27.4. The number of rotatable bonds is 8. The van der Waals surface area contributed by atoms with Gasteiger partial charge in [-0.2, -0.15) is 5.10 Å². The normalized spacial score (nSPS) is 11.8. The molecular formula is C24H31N3O2. The van der Waals surface area contributed by atoms with Crippen molar-refractivity contribution in [3.8, 4) is 0 Å². The number of nitrogens with one attached hydrogen (secondary N) is 1. The van der Waals surface area contributed by atoms with Crippen LogP contribution in [0.4, 0.5) is 0 Å². The van der Waals surface area contributed by atoms with Gasteiger partial charge < -0.3 is 4.90 Å². The minimum absolute atomic E-state index is 0.00756. The van der Waals surface area contributed by atoms with E-state index in [1.54, 1.807) is 6.92 Å². The molecule has 0 aliphatic heterocycles. The van der Waals surface area contributed by atoms with Gasteiger partial charge in [0.05, 0.1) is 12.3 Å². The third-order valence-electron chi connectivity index (χ3n) is 4.69. The summed E-state index contributed by atoms with van der Waals surface area (Å²) < 4.78 is 0. The predicted octanol–water partition coefficient (Wildman–Crippen LogP) is 4.35. The van der Waals surface area contributed by atoms with Gasteiger partial charge in [-0.3, -0.25) is 9.59 Å². The van der Waals surface area contributed by atoms with E-state index in [2.05, 4.69) is 10.5 Å². The molecule has 0 aromatic heterocycles. The monoisotopic (exact) mass is 393 g/mol. The molecule has 0 aliphatic rings. The molecule has 0 spiro atoms. The lowest BCUT2D eigenvalue weighted by molar-refractivity contribution is -0.133. The summed E-state index contributed by atoms with van der Waals surface area (Å²) in [6.45, 7) is 9.75. The first-order valence-corrected chi connectivity index (χ1v) is 10.0. The van der Waals surface area contributed by atoms with Crippen molar-refractivity contribution in [2.45, 2.75) is 59.0 Å². The quantitative estimate of drug-likeness (QED) is 0.535. The highest BCUT2D eigenvalue weighted by Crippen LogP contribution is 2.24. The standard InChI is InChI=1S/C24H31N3O2/c1-17(2)27(18(3)4)22(28)16-19(5)25-26-24(29)23(20-12-8-6-9-13-20)21-14-10-7-11-15-21/h6-15,17-18,23H,16H2,1-5H3,(H,26,29)/b25-19+. The van der Waals surface area contributed by atoms with Crippen molar-refractivity contribution < 1.29 is 9.59 Å². The van der Waals surface area contributed by atoms with Crippen LogP contribution in [0.25, 0.3) is 0 Å². The summed E-state index contributed by atoms with van der Waals surface area (Å²) in [5, 5.41) is 4.21. The zero-order valence-electron chi connectivity index (χ0n) is 17.9. The highest BCUT2D eigenvalue weighted by molar-refractivity contribution is 6.00. The summed E-state index contributed by atoms with van der Waals surface area (Å²) in [5.74, 6) is -0.681. The predicted molar refractivity (Wildman–Crippen MR) is 118 cm³/mol. The highest BCUT2D eigenvalue weighted by Gasteiger charge is 2.23. The van der Waals surface area contributed by atoms with Crippen LogP contribution in [0.3, 0.4) is 0 Å². The molecule has 2 rings (SSSR count). The zero-order chi connectivity index (χ0) is 21.4. The van der Waals surface area contributed by atoms with Crippen LogP contribution in [0, 0.1) is 0 Å². The van der Waals surface area contributed by atoms with Crippen molar-refractivity contribution in [2.24, 2.45) is 5.10 Å². The van der Waals surface area contributed by atoms with Crippen LogP contribution in [0.1, 0.15) is 58.1 Å². The third kappa shape index (κ3) is 6.28. The molecule has 5 nitrogen and oxygen atoms in total. The van der Waals surface area contributed by atoms with Gasteiger partial charge in [-0.25, -0.2) is 5.43 Å². The maximum atomic E-state index is 13.0. The van der Waals surface area contributed by atoms with E-state index >= 15 is 0 Å². The molecule has 0 radical (unpaired) electrons. The lowest BCUT2D eigenvalue weighted by Crippen LogP contribution is -2.42. The molecule has 29 heavy (non-hydrogen) atoms. The Labute approximate surface area is 173 Å². The van der Waals surface area contributed by atoms with Gasteiger partial charge in [-0.05, 0) is 45.7 Å². The summed E-state index contributed by atoms with van der Waals surface area (Å²) in [6.07, 6.45) is 0.179. The first-order chi connectivity index (χ1) is 13.8. The average Bonchev–Trinajstić information content (AvgIpc) is 2.67. The van der Waals surface area contributed by atoms with E-state index in [0.29, 0.717) is 5.71 Å². The summed E-state index contributed by atoms with van der Waals surface area (Å²) in [7, 11) is 0. The molecule has 2 amide bonds. The van der Waals surface area contributed by atoms with Crippen molar-refractivity contribution in [3.63, 3.8) is 0 Å². The van der Waals surface area contributed by atoms with E-state index < -0.39 is 5.92 Å². The lowest BCUT2D eigenvalue weighted by atomic mass is 9.91. The smallest absolute Gasteiger partial charge is 0.252 e. The van der Waals surface area contributed by atoms with Gasteiger partial charge in [0.25, 0.3) is 5.91 Å². The van der Waals surface area contributed by atoms with Crippen LogP contribution in [-0.2, 0) is 9.59 Å². The van der Waals surface area contributed by atoms with E-state index in [0.717, 1.165) is 11.1 Å². The number of amides is 2. The van der Waals surface area contributed by atoms with Gasteiger partial charge in [-0.1, -0.05) is 60.7 Å². The van der Waals surface area contributed by atoms with E-state index in [-0.39, 0.29) is 30.3 Å². The molecule has 154 valence electrons. The molecule has 0 aliphatic carbocycles. The fraction of sp³-hybridized carbons (Fsp3) is 0.375. The van der Waals surface area contributed by atoms with Gasteiger partial charge in [-0.15, -0.1) is 0 Å². The Morgan fingerprint density at radius 3 is 1.72 bits per heavy atom.